The minimum atomic E-state index is -4.71. The number of rotatable bonds is 9. The zero-order valence-electron chi connectivity index (χ0n) is 25.1. The zero-order chi connectivity index (χ0) is 31.5. The van der Waals surface area contributed by atoms with E-state index in [-0.39, 0.29) is 35.5 Å². The van der Waals surface area contributed by atoms with Crippen molar-refractivity contribution in [2.45, 2.75) is 78.2 Å². The third-order valence-electron chi connectivity index (χ3n) is 8.34. The highest BCUT2D eigenvalue weighted by Crippen LogP contribution is 2.40. The maximum atomic E-state index is 14.1. The van der Waals surface area contributed by atoms with Crippen LogP contribution < -0.4 is 15.4 Å². The van der Waals surface area contributed by atoms with Crippen LogP contribution in [-0.2, 0) is 12.8 Å². The first-order chi connectivity index (χ1) is 20.9. The third kappa shape index (κ3) is 8.06. The van der Waals surface area contributed by atoms with Gasteiger partial charge in [0.25, 0.3) is 11.9 Å². The number of nitrogens with zero attached hydrogens (tertiary/aromatic N) is 5. The molecule has 0 bridgehead atoms. The molecular formula is C31H38F3N7O3. The van der Waals surface area contributed by atoms with Gasteiger partial charge in [0.15, 0.2) is 0 Å². The number of alkyl halides is 3. The first-order valence-electron chi connectivity index (χ1n) is 14.9. The van der Waals surface area contributed by atoms with E-state index in [1.807, 2.05) is 0 Å². The molecule has 2 N–H and O–H groups in total. The van der Waals surface area contributed by atoms with Gasteiger partial charge in [-0.3, -0.25) is 15.0 Å². The highest BCUT2D eigenvalue weighted by molar-refractivity contribution is 6.03. The molecule has 13 heteroatoms. The molecular weight excluding hydrogens is 575 g/mol. The topological polar surface area (TPSA) is 114 Å². The van der Waals surface area contributed by atoms with Crippen LogP contribution in [0.1, 0.15) is 75.2 Å². The number of hydrogen-bond acceptors (Lipinski definition) is 6. The van der Waals surface area contributed by atoms with E-state index in [1.165, 1.54) is 17.0 Å². The molecule has 0 unspecified atom stereocenters. The van der Waals surface area contributed by atoms with Gasteiger partial charge in [0.05, 0.1) is 17.9 Å². The van der Waals surface area contributed by atoms with E-state index in [2.05, 4.69) is 46.8 Å². The number of hydrogen-bond donors (Lipinski definition) is 2. The van der Waals surface area contributed by atoms with Gasteiger partial charge in [0, 0.05) is 11.6 Å². The number of ether oxygens (including phenoxy) is 1. The van der Waals surface area contributed by atoms with Gasteiger partial charge < -0.3 is 10.1 Å². The normalized spacial score (nSPS) is 18.9. The number of carbonyl (C=O) groups is 2. The van der Waals surface area contributed by atoms with E-state index in [9.17, 15) is 22.8 Å². The molecule has 2 fully saturated rings. The predicted molar refractivity (Wildman–Crippen MR) is 158 cm³/mol. The second-order valence-corrected chi connectivity index (χ2v) is 12.7. The molecule has 10 nitrogen and oxygen atoms in total. The Labute approximate surface area is 254 Å². The third-order valence-corrected chi connectivity index (χ3v) is 8.34. The quantitative estimate of drug-likeness (QED) is 0.274. The van der Waals surface area contributed by atoms with Crippen molar-refractivity contribution >= 4 is 23.6 Å². The molecule has 5 rings (SSSR count). The summed E-state index contributed by atoms with van der Waals surface area (Å²) in [6.07, 6.45) is 0.369. The number of benzene rings is 2. The highest BCUT2D eigenvalue weighted by atomic mass is 19.4. The highest BCUT2D eigenvalue weighted by Gasteiger charge is 2.37. The lowest BCUT2D eigenvalue weighted by Crippen LogP contribution is -2.46. The maximum Gasteiger partial charge on any atom is 0.418 e. The van der Waals surface area contributed by atoms with Crippen molar-refractivity contribution in [1.82, 2.24) is 25.1 Å². The number of aromatic nitrogens is 4. The predicted octanol–water partition coefficient (Wildman–Crippen LogP) is 6.83. The Hall–Kier alpha value is -4.16. The van der Waals surface area contributed by atoms with Crippen molar-refractivity contribution < 1.29 is 27.5 Å². The Morgan fingerprint density at radius 2 is 1.68 bits per heavy atom. The van der Waals surface area contributed by atoms with Crippen LogP contribution >= 0.6 is 0 Å². The Morgan fingerprint density at radius 1 is 0.977 bits per heavy atom. The van der Waals surface area contributed by atoms with Crippen LogP contribution in [0.4, 0.5) is 29.6 Å². The van der Waals surface area contributed by atoms with Crippen molar-refractivity contribution in [3.63, 3.8) is 0 Å². The molecule has 1 aromatic heterocycles. The summed E-state index contributed by atoms with van der Waals surface area (Å²) < 4.78 is 47.8. The molecule has 2 aliphatic carbocycles. The number of anilines is 2. The number of halogens is 3. The number of amides is 3. The Morgan fingerprint density at radius 3 is 2.32 bits per heavy atom. The lowest BCUT2D eigenvalue weighted by atomic mass is 9.71. The van der Waals surface area contributed by atoms with Gasteiger partial charge in [0.2, 0.25) is 0 Å². The summed E-state index contributed by atoms with van der Waals surface area (Å²) in [7, 11) is 0. The van der Waals surface area contributed by atoms with Gasteiger partial charge in [0.1, 0.15) is 12.4 Å². The van der Waals surface area contributed by atoms with E-state index in [0.29, 0.717) is 36.8 Å². The van der Waals surface area contributed by atoms with Gasteiger partial charge >= 0.3 is 12.2 Å². The molecule has 3 aromatic rings. The van der Waals surface area contributed by atoms with Gasteiger partial charge in [-0.25, -0.2) is 4.79 Å². The summed E-state index contributed by atoms with van der Waals surface area (Å²) in [6, 6.07) is 11.1. The van der Waals surface area contributed by atoms with Crippen LogP contribution in [0.15, 0.2) is 48.5 Å². The maximum absolute atomic E-state index is 14.1. The first-order valence-corrected chi connectivity index (χ1v) is 14.9. The molecule has 0 saturated heterocycles. The molecule has 236 valence electrons. The average Bonchev–Trinajstić information content (AvgIpc) is 3.72. The Balaban J connectivity index is 1.34. The first kappa shape index (κ1) is 31.3. The molecule has 2 aromatic carbocycles. The smallest absolute Gasteiger partial charge is 0.418 e. The van der Waals surface area contributed by atoms with Crippen LogP contribution in [0.2, 0.25) is 0 Å². The van der Waals surface area contributed by atoms with Crippen molar-refractivity contribution in [2.24, 2.45) is 17.3 Å². The fourth-order valence-corrected chi connectivity index (χ4v) is 5.49. The van der Waals surface area contributed by atoms with E-state index in [4.69, 9.17) is 4.74 Å². The summed E-state index contributed by atoms with van der Waals surface area (Å²) in [5.41, 5.74) is -0.843. The fourth-order valence-electron chi connectivity index (χ4n) is 5.49. The average molecular weight is 614 g/mol. The molecule has 3 amide bonds. The van der Waals surface area contributed by atoms with Crippen LogP contribution in [-0.4, -0.2) is 49.7 Å². The van der Waals surface area contributed by atoms with Gasteiger partial charge in [-0.1, -0.05) is 44.1 Å². The Bertz CT molecular complexity index is 1440. The molecule has 0 atom stereocenters. The number of carbonyl (C=O) groups excluding carboxylic acids is 2. The lowest BCUT2D eigenvalue weighted by molar-refractivity contribution is -0.137. The summed E-state index contributed by atoms with van der Waals surface area (Å²) in [5, 5.41) is 17.2. The summed E-state index contributed by atoms with van der Waals surface area (Å²) in [4.78, 5) is 28.8. The van der Waals surface area contributed by atoms with E-state index in [0.717, 1.165) is 36.5 Å². The minimum absolute atomic E-state index is 0.0585. The molecule has 0 aliphatic heterocycles. The lowest BCUT2D eigenvalue weighted by Gasteiger charge is -2.40. The second-order valence-electron chi connectivity index (χ2n) is 12.7. The van der Waals surface area contributed by atoms with Crippen LogP contribution in [0.25, 0.3) is 0 Å². The summed E-state index contributed by atoms with van der Waals surface area (Å²) >= 11 is 0. The molecule has 1 heterocycles. The minimum Gasteiger partial charge on any atom is -0.493 e. The van der Waals surface area contributed by atoms with Crippen molar-refractivity contribution in [3.8, 4) is 5.75 Å². The van der Waals surface area contributed by atoms with E-state index >= 15 is 0 Å². The summed E-state index contributed by atoms with van der Waals surface area (Å²) in [6.45, 7) is 6.75. The molecule has 2 aliphatic rings. The van der Waals surface area contributed by atoms with Crippen LogP contribution in [0.3, 0.4) is 0 Å². The second kappa shape index (κ2) is 12.8. The van der Waals surface area contributed by atoms with E-state index < -0.39 is 23.7 Å². The number of tetrazole rings is 1. The molecule has 0 spiro atoms. The number of urea groups is 1. The molecule has 44 heavy (non-hydrogen) atoms. The van der Waals surface area contributed by atoms with Crippen molar-refractivity contribution in [1.29, 1.82) is 0 Å². The number of nitrogens with one attached hydrogen (secondary N) is 2. The zero-order valence-corrected chi connectivity index (χ0v) is 25.1. The van der Waals surface area contributed by atoms with Gasteiger partial charge in [-0.15, -0.1) is 9.90 Å². The van der Waals surface area contributed by atoms with Crippen molar-refractivity contribution in [3.05, 3.63) is 59.7 Å². The molecule has 0 radical (unpaired) electrons. The largest absolute Gasteiger partial charge is 0.493 e. The Kier molecular flexibility index (Phi) is 9.12. The van der Waals surface area contributed by atoms with Gasteiger partial charge in [-0.05, 0) is 91.3 Å². The summed E-state index contributed by atoms with van der Waals surface area (Å²) in [5.74, 6) is 0.453. The van der Waals surface area contributed by atoms with Crippen LogP contribution in [0.5, 0.6) is 5.75 Å². The van der Waals surface area contributed by atoms with E-state index in [1.54, 1.807) is 30.3 Å². The van der Waals surface area contributed by atoms with Gasteiger partial charge in [-0.2, -0.15) is 13.2 Å². The standard InChI is InChI=1S/C31H38F3N7O3/c1-30(2,3)22-11-13-23(14-12-22)40(19-41-38-28(37-39-41)36-27(42)21-7-5-4-6-8-21)29(43)35-26-16-15-24(44-18-20-9-10-20)17-25(26)31(32,33)34/h4-8,15-17,20,22-23H,9-14,18-19H2,1-3H3,(H,35,43)(H,36,38,42). The van der Waals surface area contributed by atoms with Crippen molar-refractivity contribution in [2.75, 3.05) is 17.2 Å². The fraction of sp³-hybridized carbons (Fsp3) is 0.516. The monoisotopic (exact) mass is 613 g/mol. The SMILES string of the molecule is CC(C)(C)C1CCC(N(Cn2nnc(NC(=O)c3ccccc3)n2)C(=O)Nc2ccc(OCC3CC3)cc2C(F)(F)F)CC1. The molecule has 2 saturated carbocycles. The van der Waals surface area contributed by atoms with Crippen LogP contribution in [0, 0.1) is 17.3 Å².